The molecule has 2 aliphatic rings. The molecular formula is C14H13NO4. The van der Waals surface area contributed by atoms with E-state index in [9.17, 15) is 14.4 Å². The zero-order valence-electron chi connectivity index (χ0n) is 10.3. The summed E-state index contributed by atoms with van der Waals surface area (Å²) in [5.41, 5.74) is 0.198. The molecule has 2 fully saturated rings. The summed E-state index contributed by atoms with van der Waals surface area (Å²) in [6.07, 6.45) is 1.60. The van der Waals surface area contributed by atoms with Gasteiger partial charge in [0.05, 0.1) is 5.41 Å². The van der Waals surface area contributed by atoms with E-state index in [1.54, 1.807) is 0 Å². The summed E-state index contributed by atoms with van der Waals surface area (Å²) in [7, 11) is 0. The van der Waals surface area contributed by atoms with Crippen molar-refractivity contribution >= 4 is 17.8 Å². The molecule has 0 N–H and O–H groups in total. The highest BCUT2D eigenvalue weighted by Gasteiger charge is 2.54. The maximum Gasteiger partial charge on any atom is 0.343 e. The van der Waals surface area contributed by atoms with Crippen molar-refractivity contribution in [2.45, 2.75) is 31.1 Å². The molecule has 1 aromatic carbocycles. The Hall–Kier alpha value is -2.17. The van der Waals surface area contributed by atoms with Crippen molar-refractivity contribution in [2.75, 3.05) is 0 Å². The molecular weight excluding hydrogens is 246 g/mol. The van der Waals surface area contributed by atoms with Crippen LogP contribution in [0, 0.1) is 0 Å². The molecule has 98 valence electrons. The topological polar surface area (TPSA) is 63.7 Å². The Morgan fingerprint density at radius 1 is 1.05 bits per heavy atom. The van der Waals surface area contributed by atoms with Crippen molar-refractivity contribution < 1.29 is 19.2 Å². The lowest BCUT2D eigenvalue weighted by Crippen LogP contribution is -2.36. The molecule has 1 aliphatic heterocycles. The Bertz CT molecular complexity index is 532. The molecule has 0 bridgehead atoms. The largest absolute Gasteiger partial charge is 0.343 e. The number of nitrogens with zero attached hydrogens (tertiary/aromatic N) is 1. The Labute approximate surface area is 110 Å². The second-order valence-corrected chi connectivity index (χ2v) is 4.91. The van der Waals surface area contributed by atoms with Crippen molar-refractivity contribution in [3.63, 3.8) is 0 Å². The summed E-state index contributed by atoms with van der Waals surface area (Å²) < 4.78 is 0. The third-order valence-corrected chi connectivity index (χ3v) is 3.65. The van der Waals surface area contributed by atoms with Gasteiger partial charge < -0.3 is 4.84 Å². The lowest BCUT2D eigenvalue weighted by molar-refractivity contribution is -0.199. The average molecular weight is 259 g/mol. The molecule has 1 heterocycles. The Kier molecular flexibility index (Phi) is 2.62. The minimum Gasteiger partial charge on any atom is -0.329 e. The predicted molar refractivity (Wildman–Crippen MR) is 64.5 cm³/mol. The smallest absolute Gasteiger partial charge is 0.329 e. The Morgan fingerprint density at radius 2 is 1.63 bits per heavy atom. The Morgan fingerprint density at radius 3 is 2.16 bits per heavy atom. The van der Waals surface area contributed by atoms with Gasteiger partial charge in [0.1, 0.15) is 0 Å². The number of hydrogen-bond donors (Lipinski definition) is 0. The first-order valence-corrected chi connectivity index (χ1v) is 6.27. The number of imide groups is 1. The minimum atomic E-state index is -0.676. The molecule has 3 rings (SSSR count). The van der Waals surface area contributed by atoms with Crippen LogP contribution in [0.15, 0.2) is 30.3 Å². The molecule has 1 aromatic rings. The van der Waals surface area contributed by atoms with Crippen molar-refractivity contribution in [1.82, 2.24) is 5.06 Å². The first kappa shape index (κ1) is 11.9. The number of carbonyl (C=O) groups is 3. The highest BCUT2D eigenvalue weighted by atomic mass is 16.7. The molecule has 0 spiro atoms. The summed E-state index contributed by atoms with van der Waals surface area (Å²) in [4.78, 5) is 40.1. The molecule has 19 heavy (non-hydrogen) atoms. The predicted octanol–water partition coefficient (Wildman–Crippen LogP) is 1.33. The van der Waals surface area contributed by atoms with E-state index in [2.05, 4.69) is 0 Å². The van der Waals surface area contributed by atoms with Gasteiger partial charge in [-0.3, -0.25) is 9.59 Å². The van der Waals surface area contributed by atoms with Crippen LogP contribution in [-0.4, -0.2) is 22.8 Å². The summed E-state index contributed by atoms with van der Waals surface area (Å²) >= 11 is 0. The second kappa shape index (κ2) is 4.19. The van der Waals surface area contributed by atoms with Crippen LogP contribution < -0.4 is 0 Å². The van der Waals surface area contributed by atoms with E-state index in [4.69, 9.17) is 4.84 Å². The molecule has 0 aromatic heterocycles. The number of hydrogen-bond acceptors (Lipinski definition) is 4. The maximum atomic E-state index is 12.2. The quantitative estimate of drug-likeness (QED) is 0.768. The van der Waals surface area contributed by atoms with Gasteiger partial charge in [-0.05, 0) is 18.4 Å². The zero-order valence-corrected chi connectivity index (χ0v) is 10.3. The monoisotopic (exact) mass is 259 g/mol. The lowest BCUT2D eigenvalue weighted by Gasteiger charge is -2.18. The summed E-state index contributed by atoms with van der Waals surface area (Å²) in [6, 6.07) is 9.31. The molecule has 1 saturated carbocycles. The molecule has 0 atom stereocenters. The molecule has 0 radical (unpaired) electrons. The number of benzene rings is 1. The molecule has 5 nitrogen and oxygen atoms in total. The van der Waals surface area contributed by atoms with Gasteiger partial charge in [0.15, 0.2) is 0 Å². The third kappa shape index (κ3) is 1.91. The van der Waals surface area contributed by atoms with Crippen LogP contribution >= 0.6 is 0 Å². The number of hydroxylamine groups is 2. The van der Waals surface area contributed by atoms with Gasteiger partial charge in [0.25, 0.3) is 11.8 Å². The van der Waals surface area contributed by atoms with E-state index >= 15 is 0 Å². The fourth-order valence-electron chi connectivity index (χ4n) is 2.32. The molecule has 1 aliphatic carbocycles. The second-order valence-electron chi connectivity index (χ2n) is 4.91. The van der Waals surface area contributed by atoms with Gasteiger partial charge in [0.2, 0.25) is 0 Å². The van der Waals surface area contributed by atoms with E-state index in [1.165, 1.54) is 0 Å². The highest BCUT2D eigenvalue weighted by Crippen LogP contribution is 2.49. The lowest BCUT2D eigenvalue weighted by atomic mass is 9.96. The summed E-state index contributed by atoms with van der Waals surface area (Å²) in [5, 5.41) is 0.616. The van der Waals surface area contributed by atoms with E-state index in [1.807, 2.05) is 30.3 Å². The van der Waals surface area contributed by atoms with Crippen LogP contribution in [-0.2, 0) is 24.6 Å². The molecule has 0 unspecified atom stereocenters. The van der Waals surface area contributed by atoms with Crippen molar-refractivity contribution in [2.24, 2.45) is 0 Å². The summed E-state index contributed by atoms with van der Waals surface area (Å²) in [5.74, 6) is -1.40. The van der Waals surface area contributed by atoms with Crippen LogP contribution in [0.2, 0.25) is 0 Å². The van der Waals surface area contributed by atoms with Crippen molar-refractivity contribution in [3.05, 3.63) is 35.9 Å². The van der Waals surface area contributed by atoms with Crippen LogP contribution in [0.1, 0.15) is 31.2 Å². The van der Waals surface area contributed by atoms with Crippen molar-refractivity contribution in [1.29, 1.82) is 0 Å². The molecule has 2 amide bonds. The van der Waals surface area contributed by atoms with Gasteiger partial charge in [-0.25, -0.2) is 4.79 Å². The fourth-order valence-corrected chi connectivity index (χ4v) is 2.32. The molecule has 1 saturated heterocycles. The maximum absolute atomic E-state index is 12.2. The van der Waals surface area contributed by atoms with Crippen LogP contribution in [0.5, 0.6) is 0 Å². The van der Waals surface area contributed by atoms with Crippen molar-refractivity contribution in [3.8, 4) is 0 Å². The highest BCUT2D eigenvalue weighted by molar-refractivity contribution is 6.02. The van der Waals surface area contributed by atoms with E-state index < -0.39 is 23.2 Å². The minimum absolute atomic E-state index is 0.116. The van der Waals surface area contributed by atoms with Gasteiger partial charge in [-0.1, -0.05) is 30.3 Å². The van der Waals surface area contributed by atoms with Crippen LogP contribution in [0.4, 0.5) is 0 Å². The normalized spacial score (nSPS) is 20.5. The first-order valence-electron chi connectivity index (χ1n) is 6.27. The van der Waals surface area contributed by atoms with Crippen LogP contribution in [0.25, 0.3) is 0 Å². The number of carbonyl (C=O) groups excluding carboxylic acids is 3. The third-order valence-electron chi connectivity index (χ3n) is 3.65. The summed E-state index contributed by atoms with van der Waals surface area (Å²) in [6.45, 7) is 0. The fraction of sp³-hybridized carbons (Fsp3) is 0.357. The molecule has 5 heteroatoms. The van der Waals surface area contributed by atoms with E-state index in [0.717, 1.165) is 5.56 Å². The number of amides is 2. The van der Waals surface area contributed by atoms with Gasteiger partial charge in [-0.2, -0.15) is 0 Å². The average Bonchev–Trinajstić information content (AvgIpc) is 3.19. The van der Waals surface area contributed by atoms with Gasteiger partial charge >= 0.3 is 5.97 Å². The van der Waals surface area contributed by atoms with E-state index in [-0.39, 0.29) is 12.8 Å². The van der Waals surface area contributed by atoms with Gasteiger partial charge in [0, 0.05) is 12.8 Å². The SMILES string of the molecule is O=C1CCC(=O)N1OC(=O)C1(c2ccccc2)CC1. The van der Waals surface area contributed by atoms with Crippen LogP contribution in [0.3, 0.4) is 0 Å². The number of rotatable bonds is 3. The first-order chi connectivity index (χ1) is 9.13. The zero-order chi connectivity index (χ0) is 13.5. The van der Waals surface area contributed by atoms with Gasteiger partial charge in [-0.15, -0.1) is 5.06 Å². The van der Waals surface area contributed by atoms with E-state index in [0.29, 0.717) is 17.9 Å². The standard InChI is InChI=1S/C14H13NO4/c16-11-6-7-12(17)15(11)19-13(18)14(8-9-14)10-4-2-1-3-5-10/h1-5H,6-9H2. The Balaban J connectivity index is 1.78.